The van der Waals surface area contributed by atoms with E-state index in [2.05, 4.69) is 5.32 Å². The largest absolute Gasteiger partial charge is 0.465 e. The number of ether oxygens (including phenoxy) is 2. The minimum Gasteiger partial charge on any atom is -0.465 e. The number of aryl methyl sites for hydroxylation is 1. The van der Waals surface area contributed by atoms with E-state index in [1.54, 1.807) is 43.3 Å². The zero-order valence-electron chi connectivity index (χ0n) is 22.2. The van der Waals surface area contributed by atoms with Crippen LogP contribution in [0, 0.1) is 0 Å². The van der Waals surface area contributed by atoms with Crippen LogP contribution < -0.4 is 10.1 Å². The van der Waals surface area contributed by atoms with Crippen LogP contribution in [0.2, 0.25) is 10.0 Å². The molecule has 0 unspecified atom stereocenters. The van der Waals surface area contributed by atoms with Gasteiger partial charge in [0.1, 0.15) is 11.5 Å². The van der Waals surface area contributed by atoms with Gasteiger partial charge in [-0.15, -0.1) is 0 Å². The maximum atomic E-state index is 12.7. The quantitative estimate of drug-likeness (QED) is 0.309. The molecule has 0 radical (unpaired) electrons. The zero-order valence-corrected chi connectivity index (χ0v) is 23.7. The fourth-order valence-corrected chi connectivity index (χ4v) is 4.56. The molecule has 8 nitrogen and oxygen atoms in total. The number of piperazine rings is 1. The number of anilines is 1. The molecule has 1 N–H and O–H groups in total. The lowest BCUT2D eigenvalue weighted by Crippen LogP contribution is -2.50. The predicted octanol–water partition coefficient (Wildman–Crippen LogP) is 5.68. The van der Waals surface area contributed by atoms with Gasteiger partial charge in [-0.25, -0.2) is 0 Å². The molecule has 1 aliphatic heterocycles. The predicted molar refractivity (Wildman–Crippen MR) is 155 cm³/mol. The Labute approximate surface area is 243 Å². The number of nitrogens with zero attached hydrogens (tertiary/aromatic N) is 2. The average molecular weight is 585 g/mol. The molecule has 210 valence electrons. The highest BCUT2D eigenvalue weighted by Crippen LogP contribution is 2.25. The zero-order chi connectivity index (χ0) is 28.5. The molecule has 1 saturated heterocycles. The van der Waals surface area contributed by atoms with Crippen molar-refractivity contribution >= 4 is 46.7 Å². The third-order valence-corrected chi connectivity index (χ3v) is 7.20. The highest BCUT2D eigenvalue weighted by atomic mass is 35.5. The Morgan fingerprint density at radius 3 is 2.12 bits per heavy atom. The van der Waals surface area contributed by atoms with Crippen molar-refractivity contribution in [1.29, 1.82) is 0 Å². The van der Waals surface area contributed by atoms with Crippen molar-refractivity contribution in [2.75, 3.05) is 44.6 Å². The van der Waals surface area contributed by atoms with E-state index >= 15 is 0 Å². The van der Waals surface area contributed by atoms with Gasteiger partial charge in [0.2, 0.25) is 5.91 Å². The highest BCUT2D eigenvalue weighted by Gasteiger charge is 2.22. The van der Waals surface area contributed by atoms with Gasteiger partial charge in [0.15, 0.2) is 0 Å². The van der Waals surface area contributed by atoms with Crippen molar-refractivity contribution in [1.82, 2.24) is 9.80 Å². The van der Waals surface area contributed by atoms with Crippen LogP contribution in [0.3, 0.4) is 0 Å². The number of halogens is 2. The fraction of sp³-hybridized carbons (Fsp3) is 0.300. The molecule has 0 atom stereocenters. The molecule has 0 bridgehead atoms. The van der Waals surface area contributed by atoms with Gasteiger partial charge in [-0.1, -0.05) is 35.3 Å². The van der Waals surface area contributed by atoms with Crippen LogP contribution in [0.4, 0.5) is 5.69 Å². The molecular weight excluding hydrogens is 553 g/mol. The van der Waals surface area contributed by atoms with Crippen LogP contribution in [0.5, 0.6) is 11.5 Å². The Morgan fingerprint density at radius 1 is 0.850 bits per heavy atom. The Hall–Kier alpha value is -3.59. The van der Waals surface area contributed by atoms with Crippen LogP contribution in [0.25, 0.3) is 0 Å². The molecule has 1 aliphatic rings. The molecule has 3 aromatic carbocycles. The Morgan fingerprint density at radius 2 is 1.50 bits per heavy atom. The number of esters is 1. The molecule has 2 amide bonds. The number of nitrogens with one attached hydrogen (secondary N) is 1. The van der Waals surface area contributed by atoms with Crippen molar-refractivity contribution in [2.45, 2.75) is 19.8 Å². The Bertz CT molecular complexity index is 1320. The van der Waals surface area contributed by atoms with Crippen molar-refractivity contribution < 1.29 is 23.9 Å². The molecular formula is C30H31Cl2N3O5. The summed E-state index contributed by atoms with van der Waals surface area (Å²) >= 11 is 11.9. The van der Waals surface area contributed by atoms with E-state index in [-0.39, 0.29) is 24.3 Å². The summed E-state index contributed by atoms with van der Waals surface area (Å²) < 4.78 is 10.9. The van der Waals surface area contributed by atoms with Gasteiger partial charge >= 0.3 is 5.97 Å². The molecule has 0 aromatic heterocycles. The van der Waals surface area contributed by atoms with E-state index in [0.29, 0.717) is 78.4 Å². The lowest BCUT2D eigenvalue weighted by atomic mass is 10.1. The summed E-state index contributed by atoms with van der Waals surface area (Å²) in [6.45, 7) is 5.00. The molecule has 10 heteroatoms. The van der Waals surface area contributed by atoms with Crippen LogP contribution in [0.15, 0.2) is 66.7 Å². The average Bonchev–Trinajstić information content (AvgIpc) is 2.95. The number of hydrogen-bond donors (Lipinski definition) is 1. The van der Waals surface area contributed by atoms with Crippen LogP contribution in [-0.2, 0) is 20.7 Å². The first-order valence-electron chi connectivity index (χ1n) is 13.1. The molecule has 40 heavy (non-hydrogen) atoms. The first-order chi connectivity index (χ1) is 19.3. The van der Waals surface area contributed by atoms with Gasteiger partial charge in [-0.2, -0.15) is 0 Å². The first-order valence-corrected chi connectivity index (χ1v) is 13.9. The minimum atomic E-state index is -0.294. The summed E-state index contributed by atoms with van der Waals surface area (Å²) in [7, 11) is 0. The SMILES string of the molecule is CCOC(=O)CN1CCN(C(=O)CCc2ccc(Oc3ccc(NC(=O)c4ccc(Cl)c(Cl)c4)cc3)cc2)CC1. The summed E-state index contributed by atoms with van der Waals surface area (Å²) in [4.78, 5) is 40.6. The number of amides is 2. The van der Waals surface area contributed by atoms with Crippen molar-refractivity contribution in [2.24, 2.45) is 0 Å². The second kappa shape index (κ2) is 14.2. The summed E-state index contributed by atoms with van der Waals surface area (Å²) in [6, 6.07) is 19.4. The number of benzene rings is 3. The van der Waals surface area contributed by atoms with E-state index in [1.807, 2.05) is 34.1 Å². The fourth-order valence-electron chi connectivity index (χ4n) is 4.26. The number of carbonyl (C=O) groups excluding carboxylic acids is 3. The lowest BCUT2D eigenvalue weighted by molar-refractivity contribution is -0.145. The number of hydrogen-bond acceptors (Lipinski definition) is 6. The van der Waals surface area contributed by atoms with E-state index in [9.17, 15) is 14.4 Å². The summed E-state index contributed by atoms with van der Waals surface area (Å²) in [5.74, 6) is 0.884. The Kier molecular flexibility index (Phi) is 10.4. The third-order valence-electron chi connectivity index (χ3n) is 6.46. The molecule has 3 aromatic rings. The maximum Gasteiger partial charge on any atom is 0.320 e. The normalized spacial score (nSPS) is 13.5. The highest BCUT2D eigenvalue weighted by molar-refractivity contribution is 6.42. The van der Waals surface area contributed by atoms with Gasteiger partial charge in [-0.05, 0) is 73.5 Å². The van der Waals surface area contributed by atoms with Gasteiger partial charge in [0.25, 0.3) is 5.91 Å². The number of carbonyl (C=O) groups is 3. The van der Waals surface area contributed by atoms with Crippen molar-refractivity contribution in [3.8, 4) is 11.5 Å². The smallest absolute Gasteiger partial charge is 0.320 e. The first kappa shape index (κ1) is 29.4. The van der Waals surface area contributed by atoms with E-state index in [1.165, 1.54) is 6.07 Å². The van der Waals surface area contributed by atoms with Crippen molar-refractivity contribution in [3.05, 3.63) is 87.9 Å². The molecule has 0 aliphatic carbocycles. The molecule has 0 saturated carbocycles. The second-order valence-corrected chi connectivity index (χ2v) is 10.1. The summed E-state index contributed by atoms with van der Waals surface area (Å²) in [6.07, 6.45) is 1.06. The van der Waals surface area contributed by atoms with Gasteiger partial charge in [-0.3, -0.25) is 19.3 Å². The van der Waals surface area contributed by atoms with Gasteiger partial charge in [0.05, 0.1) is 23.2 Å². The summed E-state index contributed by atoms with van der Waals surface area (Å²) in [5.41, 5.74) is 2.07. The topological polar surface area (TPSA) is 88.2 Å². The van der Waals surface area contributed by atoms with Gasteiger partial charge < -0.3 is 19.7 Å². The molecule has 1 heterocycles. The summed E-state index contributed by atoms with van der Waals surface area (Å²) in [5, 5.41) is 3.52. The van der Waals surface area contributed by atoms with Crippen LogP contribution in [0.1, 0.15) is 29.3 Å². The van der Waals surface area contributed by atoms with Crippen molar-refractivity contribution in [3.63, 3.8) is 0 Å². The van der Waals surface area contributed by atoms with Crippen LogP contribution >= 0.6 is 23.2 Å². The van der Waals surface area contributed by atoms with E-state index < -0.39 is 0 Å². The standard InChI is InChI=1S/C30H31Cl2N3O5/c1-2-39-29(37)20-34-15-17-35(18-16-34)28(36)14-5-21-3-9-24(10-4-21)40-25-11-7-23(8-12-25)33-30(38)22-6-13-26(31)27(32)19-22/h3-4,6-13,19H,2,5,14-18,20H2,1H3,(H,33,38). The second-order valence-electron chi connectivity index (χ2n) is 9.32. The maximum absolute atomic E-state index is 12.7. The monoisotopic (exact) mass is 583 g/mol. The van der Waals surface area contributed by atoms with E-state index in [4.69, 9.17) is 32.7 Å². The minimum absolute atomic E-state index is 0.113. The molecule has 4 rings (SSSR count). The molecule has 1 fully saturated rings. The van der Waals surface area contributed by atoms with E-state index in [0.717, 1.165) is 5.56 Å². The van der Waals surface area contributed by atoms with Crippen LogP contribution in [-0.4, -0.2) is 66.9 Å². The lowest BCUT2D eigenvalue weighted by Gasteiger charge is -2.34. The van der Waals surface area contributed by atoms with Gasteiger partial charge in [0, 0.05) is 43.9 Å². The number of rotatable bonds is 10. The Balaban J connectivity index is 1.20. The molecule has 0 spiro atoms. The third kappa shape index (κ3) is 8.45.